The summed E-state index contributed by atoms with van der Waals surface area (Å²) in [5.41, 5.74) is 1.88. The smallest absolute Gasteiger partial charge is 0.230 e. The zero-order chi connectivity index (χ0) is 13.7. The second-order valence-electron chi connectivity index (χ2n) is 3.67. The molecule has 0 N–H and O–H groups in total. The lowest BCUT2D eigenvalue weighted by Crippen LogP contribution is -1.94. The predicted octanol–water partition coefficient (Wildman–Crippen LogP) is 4.40. The molecule has 0 saturated carbocycles. The number of carbonyl (C=O) groups excluding carboxylic acids is 2. The third-order valence-corrected chi connectivity index (χ3v) is 7.51. The van der Waals surface area contributed by atoms with E-state index in [0.717, 1.165) is 21.6 Å². The topological polar surface area (TPSA) is 34.1 Å². The van der Waals surface area contributed by atoms with Gasteiger partial charge in [0.2, 0.25) is 10.2 Å². The zero-order valence-corrected chi connectivity index (χ0v) is 13.3. The van der Waals surface area contributed by atoms with Gasteiger partial charge in [-0.05, 0) is 33.2 Å². The molecule has 0 spiro atoms. The summed E-state index contributed by atoms with van der Waals surface area (Å²) in [4.78, 5) is 22.9. The van der Waals surface area contributed by atoms with Crippen LogP contribution in [0.2, 0.25) is 0 Å². The van der Waals surface area contributed by atoms with E-state index in [-0.39, 0.29) is 10.2 Å². The highest BCUT2D eigenvalue weighted by Crippen LogP contribution is 2.45. The summed E-state index contributed by atoms with van der Waals surface area (Å²) in [6.45, 7) is 3.37. The second-order valence-corrected chi connectivity index (χ2v) is 8.50. The molecular weight excluding hydrogens is 316 g/mol. The quantitative estimate of drug-likeness (QED) is 0.604. The summed E-state index contributed by atoms with van der Waals surface area (Å²) in [7, 11) is 1.86. The van der Waals surface area contributed by atoms with Gasteiger partial charge in [-0.3, -0.25) is 9.59 Å². The van der Waals surface area contributed by atoms with E-state index in [1.807, 2.05) is 47.8 Å². The Hall–Kier alpha value is -0.300. The van der Waals surface area contributed by atoms with Gasteiger partial charge in [-0.2, -0.15) is 0 Å². The van der Waals surface area contributed by atoms with Crippen LogP contribution in [0.5, 0.6) is 0 Å². The van der Waals surface area contributed by atoms with Crippen LogP contribution in [-0.4, -0.2) is 21.7 Å². The van der Waals surface area contributed by atoms with Crippen LogP contribution < -0.4 is 0 Å². The van der Waals surface area contributed by atoms with Crippen LogP contribution in [0.25, 0.3) is 0 Å². The Morgan fingerprint density at radius 2 is 1.79 bits per heavy atom. The highest BCUT2D eigenvalue weighted by atomic mass is 33.1. The standard InChI is InChI=1S/C13H12O2S4/c1-2-11(14)18-19-12(15)9-3-5-10(6-4-9)13-16-7-8-17-13/h2-6,13H,1,7-8H2. The Balaban J connectivity index is 1.95. The first-order valence-corrected chi connectivity index (χ1v) is 9.84. The van der Waals surface area contributed by atoms with Gasteiger partial charge in [-0.15, -0.1) is 23.5 Å². The van der Waals surface area contributed by atoms with Crippen molar-refractivity contribution in [1.29, 1.82) is 0 Å². The average molecular weight is 329 g/mol. The number of thioether (sulfide) groups is 2. The third kappa shape index (κ3) is 4.34. The van der Waals surface area contributed by atoms with Gasteiger partial charge >= 0.3 is 0 Å². The fourth-order valence-corrected chi connectivity index (χ4v) is 5.77. The normalized spacial score (nSPS) is 15.4. The summed E-state index contributed by atoms with van der Waals surface area (Å²) >= 11 is 3.88. The molecule has 0 atom stereocenters. The third-order valence-electron chi connectivity index (χ3n) is 2.41. The van der Waals surface area contributed by atoms with Gasteiger partial charge < -0.3 is 0 Å². The van der Waals surface area contributed by atoms with Crippen LogP contribution in [-0.2, 0) is 4.79 Å². The molecule has 1 aliphatic heterocycles. The van der Waals surface area contributed by atoms with Gasteiger partial charge in [0.05, 0.1) is 4.58 Å². The van der Waals surface area contributed by atoms with Crippen LogP contribution in [0, 0.1) is 0 Å². The second kappa shape index (κ2) is 7.47. The maximum atomic E-state index is 11.8. The molecule has 2 nitrogen and oxygen atoms in total. The molecule has 2 rings (SSSR count). The molecule has 1 saturated heterocycles. The Bertz CT molecular complexity index is 478. The summed E-state index contributed by atoms with van der Waals surface area (Å²) in [5.74, 6) is 2.37. The summed E-state index contributed by atoms with van der Waals surface area (Å²) in [5, 5.41) is -0.299. The Morgan fingerprint density at radius 3 is 2.37 bits per heavy atom. The van der Waals surface area contributed by atoms with Crippen molar-refractivity contribution < 1.29 is 9.59 Å². The number of hydrogen-bond donors (Lipinski definition) is 0. The minimum Gasteiger partial charge on any atom is -0.281 e. The van der Waals surface area contributed by atoms with E-state index in [9.17, 15) is 9.59 Å². The molecular formula is C13H12O2S4. The maximum absolute atomic E-state index is 11.8. The van der Waals surface area contributed by atoms with Crippen molar-refractivity contribution in [3.8, 4) is 0 Å². The van der Waals surface area contributed by atoms with Gasteiger partial charge in [-0.25, -0.2) is 0 Å². The molecule has 1 fully saturated rings. The van der Waals surface area contributed by atoms with Gasteiger partial charge in [0.1, 0.15) is 0 Å². The molecule has 0 amide bonds. The molecule has 19 heavy (non-hydrogen) atoms. The van der Waals surface area contributed by atoms with Crippen LogP contribution in [0.1, 0.15) is 20.5 Å². The number of rotatable bonds is 3. The minimum absolute atomic E-state index is 0.0986. The van der Waals surface area contributed by atoms with Crippen LogP contribution in [0.3, 0.4) is 0 Å². The van der Waals surface area contributed by atoms with Gasteiger partial charge in [0, 0.05) is 17.1 Å². The van der Waals surface area contributed by atoms with E-state index in [4.69, 9.17) is 0 Å². The molecule has 0 unspecified atom stereocenters. The predicted molar refractivity (Wildman–Crippen MR) is 88.8 cm³/mol. The van der Waals surface area contributed by atoms with Crippen molar-refractivity contribution in [2.24, 2.45) is 0 Å². The lowest BCUT2D eigenvalue weighted by atomic mass is 10.2. The largest absolute Gasteiger partial charge is 0.281 e. The first-order chi connectivity index (χ1) is 9.20. The molecule has 1 aromatic rings. The van der Waals surface area contributed by atoms with E-state index in [1.54, 1.807) is 0 Å². The first kappa shape index (κ1) is 15.1. The SMILES string of the molecule is C=CC(=O)SSC(=O)c1ccc(C2SCCS2)cc1. The van der Waals surface area contributed by atoms with Crippen molar-refractivity contribution in [3.05, 3.63) is 48.0 Å². The molecule has 100 valence electrons. The van der Waals surface area contributed by atoms with Crippen molar-refractivity contribution in [2.75, 3.05) is 11.5 Å². The molecule has 0 bridgehead atoms. The lowest BCUT2D eigenvalue weighted by molar-refractivity contribution is -0.106. The molecule has 1 aliphatic rings. The molecule has 1 aromatic carbocycles. The van der Waals surface area contributed by atoms with Crippen LogP contribution in [0.15, 0.2) is 36.9 Å². The molecule has 6 heteroatoms. The van der Waals surface area contributed by atoms with E-state index in [0.29, 0.717) is 10.1 Å². The van der Waals surface area contributed by atoms with E-state index < -0.39 is 0 Å². The van der Waals surface area contributed by atoms with E-state index in [1.165, 1.54) is 23.1 Å². The Labute approximate surface area is 129 Å². The van der Waals surface area contributed by atoms with Crippen molar-refractivity contribution in [2.45, 2.75) is 4.58 Å². The van der Waals surface area contributed by atoms with E-state index in [2.05, 4.69) is 6.58 Å². The van der Waals surface area contributed by atoms with Crippen LogP contribution in [0.4, 0.5) is 0 Å². The van der Waals surface area contributed by atoms with Gasteiger partial charge in [0.15, 0.2) is 0 Å². The Morgan fingerprint density at radius 1 is 1.16 bits per heavy atom. The highest BCUT2D eigenvalue weighted by molar-refractivity contribution is 8.87. The van der Waals surface area contributed by atoms with Crippen molar-refractivity contribution in [3.63, 3.8) is 0 Å². The minimum atomic E-state index is -0.200. The molecule has 0 aliphatic carbocycles. The molecule has 1 heterocycles. The summed E-state index contributed by atoms with van der Waals surface area (Å²) < 4.78 is 0.494. The number of benzene rings is 1. The van der Waals surface area contributed by atoms with Crippen LogP contribution >= 0.6 is 45.1 Å². The number of hydrogen-bond acceptors (Lipinski definition) is 6. The maximum Gasteiger partial charge on any atom is 0.230 e. The van der Waals surface area contributed by atoms with Gasteiger partial charge in [0.25, 0.3) is 0 Å². The fraction of sp³-hybridized carbons (Fsp3) is 0.231. The first-order valence-electron chi connectivity index (χ1n) is 5.59. The average Bonchev–Trinajstić information content (AvgIpc) is 2.98. The zero-order valence-electron chi connectivity index (χ0n) is 10.0. The molecule has 0 radical (unpaired) electrons. The van der Waals surface area contributed by atoms with Crippen molar-refractivity contribution in [1.82, 2.24) is 0 Å². The highest BCUT2D eigenvalue weighted by Gasteiger charge is 2.18. The van der Waals surface area contributed by atoms with Crippen molar-refractivity contribution >= 4 is 55.3 Å². The van der Waals surface area contributed by atoms with Gasteiger partial charge in [-0.1, -0.05) is 30.8 Å². The number of carbonyl (C=O) groups is 2. The summed E-state index contributed by atoms with van der Waals surface area (Å²) in [6, 6.07) is 7.68. The lowest BCUT2D eigenvalue weighted by Gasteiger charge is -2.08. The molecule has 0 aromatic heterocycles. The fourth-order valence-electron chi connectivity index (χ4n) is 1.49. The summed E-state index contributed by atoms with van der Waals surface area (Å²) in [6.07, 6.45) is 1.21. The monoisotopic (exact) mass is 328 g/mol. The Kier molecular flexibility index (Phi) is 5.94. The van der Waals surface area contributed by atoms with E-state index >= 15 is 0 Å².